The molecule has 0 spiro atoms. The van der Waals surface area contributed by atoms with Crippen molar-refractivity contribution in [2.24, 2.45) is 0 Å². The van der Waals surface area contributed by atoms with Gasteiger partial charge in [0.1, 0.15) is 10.0 Å². The fourth-order valence-corrected chi connectivity index (χ4v) is 3.42. The second-order valence-corrected chi connectivity index (χ2v) is 6.26. The third kappa shape index (κ3) is 3.57. The Labute approximate surface area is 129 Å². The molecule has 0 amide bonds. The molecule has 0 aliphatic carbocycles. The summed E-state index contributed by atoms with van der Waals surface area (Å²) in [6, 6.07) is 6.31. The van der Waals surface area contributed by atoms with E-state index >= 15 is 0 Å². The SMILES string of the molecule is CCCNC(CC)c1nnc(-c2ccc(C)cc2Cl)s1. The number of hydrogen-bond donors (Lipinski definition) is 1. The van der Waals surface area contributed by atoms with Gasteiger partial charge in [-0.3, -0.25) is 0 Å². The molecular formula is C15H20ClN3S. The number of benzene rings is 1. The quantitative estimate of drug-likeness (QED) is 0.846. The van der Waals surface area contributed by atoms with Crippen molar-refractivity contribution in [1.29, 1.82) is 0 Å². The molecule has 1 N–H and O–H groups in total. The maximum Gasteiger partial charge on any atom is 0.149 e. The molecule has 1 aromatic carbocycles. The molecule has 2 rings (SSSR count). The van der Waals surface area contributed by atoms with Crippen LogP contribution in [0.3, 0.4) is 0 Å². The number of aromatic nitrogens is 2. The number of nitrogens with zero attached hydrogens (tertiary/aromatic N) is 2. The first-order valence-corrected chi connectivity index (χ1v) is 8.18. The molecule has 0 radical (unpaired) electrons. The predicted octanol–water partition coefficient (Wildman–Crippen LogP) is 4.62. The van der Waals surface area contributed by atoms with Gasteiger partial charge in [0.25, 0.3) is 0 Å². The monoisotopic (exact) mass is 309 g/mol. The molecule has 0 aliphatic heterocycles. The van der Waals surface area contributed by atoms with Crippen molar-refractivity contribution in [2.45, 2.75) is 39.7 Å². The van der Waals surface area contributed by atoms with Gasteiger partial charge < -0.3 is 5.32 Å². The van der Waals surface area contributed by atoms with Crippen LogP contribution in [-0.2, 0) is 0 Å². The Morgan fingerprint density at radius 2 is 2.10 bits per heavy atom. The molecule has 0 aliphatic rings. The van der Waals surface area contributed by atoms with E-state index in [1.807, 2.05) is 19.1 Å². The molecule has 2 aromatic rings. The summed E-state index contributed by atoms with van der Waals surface area (Å²) in [6.45, 7) is 7.35. The van der Waals surface area contributed by atoms with Crippen molar-refractivity contribution in [3.05, 3.63) is 33.8 Å². The molecule has 1 unspecified atom stereocenters. The second kappa shape index (κ2) is 7.16. The Balaban J connectivity index is 2.23. The minimum atomic E-state index is 0.283. The summed E-state index contributed by atoms with van der Waals surface area (Å²) < 4.78 is 0. The highest BCUT2D eigenvalue weighted by atomic mass is 35.5. The molecular weight excluding hydrogens is 290 g/mol. The van der Waals surface area contributed by atoms with Crippen LogP contribution in [0.5, 0.6) is 0 Å². The van der Waals surface area contributed by atoms with Crippen molar-refractivity contribution in [1.82, 2.24) is 15.5 Å². The normalized spacial score (nSPS) is 12.6. The van der Waals surface area contributed by atoms with Crippen molar-refractivity contribution in [2.75, 3.05) is 6.54 Å². The molecule has 20 heavy (non-hydrogen) atoms. The Morgan fingerprint density at radius 3 is 2.75 bits per heavy atom. The van der Waals surface area contributed by atoms with Gasteiger partial charge in [0.05, 0.1) is 11.1 Å². The van der Waals surface area contributed by atoms with Gasteiger partial charge in [-0.25, -0.2) is 0 Å². The molecule has 0 fully saturated rings. The van der Waals surface area contributed by atoms with Gasteiger partial charge in [-0.1, -0.05) is 48.9 Å². The average molecular weight is 310 g/mol. The molecule has 1 heterocycles. The maximum atomic E-state index is 6.29. The number of nitrogens with one attached hydrogen (secondary N) is 1. The van der Waals surface area contributed by atoms with E-state index in [0.29, 0.717) is 0 Å². The molecule has 0 saturated heterocycles. The van der Waals surface area contributed by atoms with Crippen LogP contribution >= 0.6 is 22.9 Å². The van der Waals surface area contributed by atoms with Gasteiger partial charge in [-0.15, -0.1) is 10.2 Å². The van der Waals surface area contributed by atoms with E-state index in [1.165, 1.54) is 0 Å². The topological polar surface area (TPSA) is 37.8 Å². The largest absolute Gasteiger partial charge is 0.308 e. The maximum absolute atomic E-state index is 6.29. The highest BCUT2D eigenvalue weighted by molar-refractivity contribution is 7.14. The van der Waals surface area contributed by atoms with Gasteiger partial charge in [0.15, 0.2) is 0 Å². The highest BCUT2D eigenvalue weighted by Crippen LogP contribution is 2.33. The molecule has 108 valence electrons. The minimum Gasteiger partial charge on any atom is -0.308 e. The Bertz CT molecular complexity index is 568. The lowest BCUT2D eigenvalue weighted by Crippen LogP contribution is -2.21. The van der Waals surface area contributed by atoms with Crippen LogP contribution in [0.25, 0.3) is 10.6 Å². The summed E-state index contributed by atoms with van der Waals surface area (Å²) in [4.78, 5) is 0. The molecule has 1 atom stereocenters. The summed E-state index contributed by atoms with van der Waals surface area (Å²) in [7, 11) is 0. The number of rotatable bonds is 6. The fourth-order valence-electron chi connectivity index (χ4n) is 2.00. The number of halogens is 1. The van der Waals surface area contributed by atoms with Gasteiger partial charge in [0, 0.05) is 5.56 Å². The fraction of sp³-hybridized carbons (Fsp3) is 0.467. The zero-order valence-corrected chi connectivity index (χ0v) is 13.7. The zero-order valence-electron chi connectivity index (χ0n) is 12.1. The summed E-state index contributed by atoms with van der Waals surface area (Å²) in [5.74, 6) is 0. The third-order valence-electron chi connectivity index (χ3n) is 3.14. The molecule has 3 nitrogen and oxygen atoms in total. The molecule has 0 saturated carbocycles. The Morgan fingerprint density at radius 1 is 1.30 bits per heavy atom. The lowest BCUT2D eigenvalue weighted by molar-refractivity contribution is 0.513. The minimum absolute atomic E-state index is 0.283. The van der Waals surface area contributed by atoms with Crippen LogP contribution in [0.15, 0.2) is 18.2 Å². The van der Waals surface area contributed by atoms with Crippen molar-refractivity contribution in [3.63, 3.8) is 0 Å². The Kier molecular flexibility index (Phi) is 5.52. The van der Waals surface area contributed by atoms with Crippen LogP contribution in [0.1, 0.15) is 43.3 Å². The molecule has 0 bridgehead atoms. The predicted molar refractivity (Wildman–Crippen MR) is 86.4 cm³/mol. The van der Waals surface area contributed by atoms with Crippen LogP contribution in [-0.4, -0.2) is 16.7 Å². The highest BCUT2D eigenvalue weighted by Gasteiger charge is 2.16. The first-order valence-electron chi connectivity index (χ1n) is 6.99. The van der Waals surface area contributed by atoms with Gasteiger partial charge in [-0.05, 0) is 37.9 Å². The van der Waals surface area contributed by atoms with Crippen LogP contribution in [0, 0.1) is 6.92 Å². The van der Waals surface area contributed by atoms with E-state index in [2.05, 4.69) is 35.4 Å². The summed E-state index contributed by atoms with van der Waals surface area (Å²) in [6.07, 6.45) is 2.13. The van der Waals surface area contributed by atoms with E-state index in [-0.39, 0.29) is 6.04 Å². The standard InChI is InChI=1S/C15H20ClN3S/c1-4-8-17-13(5-2)15-19-18-14(20-15)11-7-6-10(3)9-12(11)16/h6-7,9,13,17H,4-5,8H2,1-3H3. The molecule has 5 heteroatoms. The number of hydrogen-bond acceptors (Lipinski definition) is 4. The first kappa shape index (κ1) is 15.4. The van der Waals surface area contributed by atoms with Gasteiger partial charge >= 0.3 is 0 Å². The van der Waals surface area contributed by atoms with E-state index in [4.69, 9.17) is 11.6 Å². The van der Waals surface area contributed by atoms with Crippen LogP contribution in [0.2, 0.25) is 5.02 Å². The van der Waals surface area contributed by atoms with E-state index in [9.17, 15) is 0 Å². The third-order valence-corrected chi connectivity index (χ3v) is 4.53. The first-order chi connectivity index (χ1) is 9.65. The Hall–Kier alpha value is -0.970. The van der Waals surface area contributed by atoms with Crippen molar-refractivity contribution in [3.8, 4) is 10.6 Å². The van der Waals surface area contributed by atoms with E-state index in [0.717, 1.165) is 45.6 Å². The summed E-state index contributed by atoms with van der Waals surface area (Å²) in [5, 5.41) is 14.8. The van der Waals surface area contributed by atoms with Crippen LogP contribution in [0.4, 0.5) is 0 Å². The van der Waals surface area contributed by atoms with Gasteiger partial charge in [0.2, 0.25) is 0 Å². The van der Waals surface area contributed by atoms with Crippen LogP contribution < -0.4 is 5.32 Å². The summed E-state index contributed by atoms with van der Waals surface area (Å²) >= 11 is 7.91. The lowest BCUT2D eigenvalue weighted by atomic mass is 10.2. The van der Waals surface area contributed by atoms with Crippen molar-refractivity contribution >= 4 is 22.9 Å². The second-order valence-electron chi connectivity index (χ2n) is 4.84. The zero-order chi connectivity index (χ0) is 14.5. The summed E-state index contributed by atoms with van der Waals surface area (Å²) in [5.41, 5.74) is 2.12. The molecule has 1 aromatic heterocycles. The average Bonchev–Trinajstić information content (AvgIpc) is 2.89. The van der Waals surface area contributed by atoms with E-state index in [1.54, 1.807) is 11.3 Å². The smallest absolute Gasteiger partial charge is 0.149 e. The van der Waals surface area contributed by atoms with Gasteiger partial charge in [-0.2, -0.15) is 0 Å². The van der Waals surface area contributed by atoms with E-state index < -0.39 is 0 Å². The lowest BCUT2D eigenvalue weighted by Gasteiger charge is -2.12. The number of aryl methyl sites for hydroxylation is 1. The van der Waals surface area contributed by atoms with Crippen molar-refractivity contribution < 1.29 is 0 Å².